The van der Waals surface area contributed by atoms with Crippen LogP contribution < -0.4 is 5.32 Å². The van der Waals surface area contributed by atoms with Crippen LogP contribution in [0.2, 0.25) is 0 Å². The van der Waals surface area contributed by atoms with Crippen molar-refractivity contribution in [3.05, 3.63) is 122 Å². The van der Waals surface area contributed by atoms with Gasteiger partial charge in [0.1, 0.15) is 24.4 Å². The monoisotopic (exact) mass is 864 g/mol. The molecule has 0 aromatic carbocycles. The van der Waals surface area contributed by atoms with Crippen LogP contribution in [-0.4, -0.2) is 87.5 Å². The summed E-state index contributed by atoms with van der Waals surface area (Å²) in [5, 5.41) is 54.0. The van der Waals surface area contributed by atoms with Crippen LogP contribution >= 0.6 is 0 Å². The van der Waals surface area contributed by atoms with Crippen molar-refractivity contribution in [1.29, 1.82) is 0 Å². The van der Waals surface area contributed by atoms with Gasteiger partial charge in [0.15, 0.2) is 6.29 Å². The van der Waals surface area contributed by atoms with Crippen molar-refractivity contribution in [3.63, 3.8) is 0 Å². The van der Waals surface area contributed by atoms with Gasteiger partial charge in [0.05, 0.1) is 25.4 Å². The number of ether oxygens (including phenoxy) is 2. The zero-order valence-corrected chi connectivity index (χ0v) is 38.3. The van der Waals surface area contributed by atoms with Gasteiger partial charge in [0, 0.05) is 6.42 Å². The number of aliphatic hydroxyl groups is 5. The summed E-state index contributed by atoms with van der Waals surface area (Å²) in [7, 11) is 0. The van der Waals surface area contributed by atoms with Gasteiger partial charge in [0.2, 0.25) is 5.91 Å². The highest BCUT2D eigenvalue weighted by Crippen LogP contribution is 2.22. The molecule has 0 aromatic rings. The lowest BCUT2D eigenvalue weighted by Crippen LogP contribution is -2.60. The number of carbonyl (C=O) groups is 1. The number of unbranched alkanes of at least 4 members (excludes halogenated alkanes) is 9. The lowest BCUT2D eigenvalue weighted by molar-refractivity contribution is -0.302. The number of carbonyl (C=O) groups excluding carboxylic acids is 1. The molecule has 1 fully saturated rings. The summed E-state index contributed by atoms with van der Waals surface area (Å²) in [6.07, 6.45) is 55.4. The minimum absolute atomic E-state index is 0.221. The number of aliphatic hydroxyl groups excluding tert-OH is 5. The van der Waals surface area contributed by atoms with Crippen molar-refractivity contribution < 1.29 is 39.8 Å². The zero-order chi connectivity index (χ0) is 45.1. The summed E-state index contributed by atoms with van der Waals surface area (Å²) in [6, 6.07) is -0.843. The van der Waals surface area contributed by atoms with E-state index in [1.54, 1.807) is 6.08 Å². The van der Waals surface area contributed by atoms with Crippen LogP contribution in [0.25, 0.3) is 0 Å². The van der Waals surface area contributed by atoms with E-state index in [9.17, 15) is 30.3 Å². The molecule has 6 N–H and O–H groups in total. The molecule has 1 rings (SSSR count). The summed E-state index contributed by atoms with van der Waals surface area (Å²) in [4.78, 5) is 12.9. The quantitative estimate of drug-likeness (QED) is 0.0267. The third-order valence-electron chi connectivity index (χ3n) is 10.3. The second-order valence-corrected chi connectivity index (χ2v) is 15.8. The molecule has 62 heavy (non-hydrogen) atoms. The van der Waals surface area contributed by atoms with E-state index in [4.69, 9.17) is 9.47 Å². The van der Waals surface area contributed by atoms with Crippen molar-refractivity contribution in [1.82, 2.24) is 5.32 Å². The highest BCUT2D eigenvalue weighted by Gasteiger charge is 2.44. The molecule has 0 aromatic heterocycles. The van der Waals surface area contributed by atoms with Gasteiger partial charge in [0.25, 0.3) is 0 Å². The standard InChI is InChI=1S/C53H85NO8/c1-3-5-7-9-11-13-15-16-17-18-19-20-21-22-23-24-25-26-27-28-29-30-31-32-33-35-37-39-41-43-49(57)54-46(45-61-53-52(60)51(59)50(58)48(44-55)62-53)47(56)42-40-38-36-34-14-12-10-8-6-4-2/h5,7,11,13-14,16-17,19-20,22-23,25-26,28-29,31-32,34,40,42,46-48,50-53,55-56,58-60H,3-4,6,8-10,12,15,18,21,24,27,30,33,35-39,41,43-45H2,1-2H3,(H,54,57)/b7-5-,13-11-,17-16-,20-19-,23-22-,26-25-,29-28-,32-31-,34-14+,42-40+. The first-order valence-corrected chi connectivity index (χ1v) is 23.8. The number of rotatable bonds is 37. The molecule has 7 atom stereocenters. The van der Waals surface area contributed by atoms with Crippen LogP contribution in [0.3, 0.4) is 0 Å². The minimum Gasteiger partial charge on any atom is -0.394 e. The number of amides is 1. The van der Waals surface area contributed by atoms with Crippen molar-refractivity contribution >= 4 is 5.91 Å². The molecular formula is C53H85NO8. The molecule has 0 saturated carbocycles. The Morgan fingerprint density at radius 3 is 1.53 bits per heavy atom. The maximum atomic E-state index is 12.9. The van der Waals surface area contributed by atoms with Gasteiger partial charge in [-0.25, -0.2) is 0 Å². The van der Waals surface area contributed by atoms with E-state index >= 15 is 0 Å². The smallest absolute Gasteiger partial charge is 0.220 e. The second kappa shape index (κ2) is 41.6. The average molecular weight is 864 g/mol. The van der Waals surface area contributed by atoms with Gasteiger partial charge in [-0.15, -0.1) is 0 Å². The molecule has 9 nitrogen and oxygen atoms in total. The molecule has 0 radical (unpaired) electrons. The van der Waals surface area contributed by atoms with Gasteiger partial charge in [-0.2, -0.15) is 0 Å². The van der Waals surface area contributed by atoms with Gasteiger partial charge >= 0.3 is 0 Å². The zero-order valence-electron chi connectivity index (χ0n) is 38.3. The topological polar surface area (TPSA) is 149 Å². The molecule has 0 bridgehead atoms. The first kappa shape index (κ1) is 56.6. The summed E-state index contributed by atoms with van der Waals surface area (Å²) in [5.74, 6) is -0.221. The lowest BCUT2D eigenvalue weighted by Gasteiger charge is -2.40. The molecule has 9 heteroatoms. The van der Waals surface area contributed by atoms with Crippen LogP contribution in [0, 0.1) is 0 Å². The molecule has 0 spiro atoms. The molecule has 1 heterocycles. The molecular weight excluding hydrogens is 779 g/mol. The fourth-order valence-electron chi connectivity index (χ4n) is 6.48. The Bertz CT molecular complexity index is 1370. The largest absolute Gasteiger partial charge is 0.394 e. The van der Waals surface area contributed by atoms with E-state index < -0.39 is 49.5 Å². The van der Waals surface area contributed by atoms with Crippen molar-refractivity contribution in [3.8, 4) is 0 Å². The highest BCUT2D eigenvalue weighted by molar-refractivity contribution is 5.76. The molecule has 1 aliphatic heterocycles. The van der Waals surface area contributed by atoms with Crippen molar-refractivity contribution in [2.45, 2.75) is 192 Å². The predicted molar refractivity (Wildman–Crippen MR) is 257 cm³/mol. The Labute approximate surface area is 376 Å². The van der Waals surface area contributed by atoms with Crippen LogP contribution in [0.4, 0.5) is 0 Å². The van der Waals surface area contributed by atoms with E-state index in [0.29, 0.717) is 12.8 Å². The van der Waals surface area contributed by atoms with Gasteiger partial charge in [-0.05, 0) is 96.3 Å². The molecule has 7 unspecified atom stereocenters. The maximum Gasteiger partial charge on any atom is 0.220 e. The Morgan fingerprint density at radius 2 is 1.02 bits per heavy atom. The van der Waals surface area contributed by atoms with Crippen LogP contribution in [0.15, 0.2) is 122 Å². The molecule has 1 aliphatic rings. The summed E-state index contributed by atoms with van der Waals surface area (Å²) < 4.78 is 11.2. The summed E-state index contributed by atoms with van der Waals surface area (Å²) >= 11 is 0. The van der Waals surface area contributed by atoms with Gasteiger partial charge in [-0.1, -0.05) is 167 Å². The van der Waals surface area contributed by atoms with Crippen LogP contribution in [-0.2, 0) is 14.3 Å². The molecule has 1 amide bonds. The normalized spacial score (nSPS) is 21.4. The number of hydrogen-bond acceptors (Lipinski definition) is 8. The van der Waals surface area contributed by atoms with E-state index in [2.05, 4.69) is 129 Å². The number of allylic oxidation sites excluding steroid dienone is 19. The Kier molecular flexibility index (Phi) is 38.0. The van der Waals surface area contributed by atoms with Crippen molar-refractivity contribution in [2.75, 3.05) is 13.2 Å². The highest BCUT2D eigenvalue weighted by atomic mass is 16.7. The third-order valence-corrected chi connectivity index (χ3v) is 10.3. The first-order chi connectivity index (χ1) is 30.3. The second-order valence-electron chi connectivity index (χ2n) is 15.8. The number of nitrogens with one attached hydrogen (secondary N) is 1. The maximum absolute atomic E-state index is 12.9. The lowest BCUT2D eigenvalue weighted by atomic mass is 9.99. The van der Waals surface area contributed by atoms with Crippen LogP contribution in [0.1, 0.15) is 149 Å². The number of hydrogen-bond donors (Lipinski definition) is 6. The molecule has 1 saturated heterocycles. The van der Waals surface area contributed by atoms with E-state index in [1.165, 1.54) is 25.7 Å². The van der Waals surface area contributed by atoms with Gasteiger partial charge < -0.3 is 40.3 Å². The third kappa shape index (κ3) is 31.4. The average Bonchev–Trinajstić information content (AvgIpc) is 3.27. The van der Waals surface area contributed by atoms with Crippen LogP contribution in [0.5, 0.6) is 0 Å². The SMILES string of the molecule is CC/C=C\C/C=C\C/C=C\C/C=C\C/C=C\C/C=C\C/C=C\C/C=C\CCCCCCC(=O)NC(COC1OC(CO)C(O)C(O)C1O)C(O)/C=C/CC/C=C/CCCCCC. The van der Waals surface area contributed by atoms with E-state index in [-0.39, 0.29) is 12.5 Å². The first-order valence-electron chi connectivity index (χ1n) is 23.8. The summed E-state index contributed by atoms with van der Waals surface area (Å²) in [6.45, 7) is 3.55. The Morgan fingerprint density at radius 1 is 0.565 bits per heavy atom. The molecule has 0 aliphatic carbocycles. The Hall–Kier alpha value is -3.41. The van der Waals surface area contributed by atoms with Crippen molar-refractivity contribution in [2.24, 2.45) is 0 Å². The minimum atomic E-state index is -1.58. The fraction of sp³-hybridized carbons (Fsp3) is 0.604. The Balaban J connectivity index is 2.30. The summed E-state index contributed by atoms with van der Waals surface area (Å²) in [5.41, 5.74) is 0. The molecule has 350 valence electrons. The van der Waals surface area contributed by atoms with E-state index in [1.807, 2.05) is 6.08 Å². The predicted octanol–water partition coefficient (Wildman–Crippen LogP) is 10.4. The van der Waals surface area contributed by atoms with E-state index in [0.717, 1.165) is 96.3 Å². The van der Waals surface area contributed by atoms with Gasteiger partial charge in [-0.3, -0.25) is 4.79 Å². The fourth-order valence-corrected chi connectivity index (χ4v) is 6.48.